The molecule has 0 spiro atoms. The Hall–Kier alpha value is -4.18. The lowest BCUT2D eigenvalue weighted by molar-refractivity contribution is 0.0742. The van der Waals surface area contributed by atoms with Crippen LogP contribution in [-0.2, 0) is 10.0 Å². The van der Waals surface area contributed by atoms with Crippen LogP contribution in [0.25, 0.3) is 0 Å². The molecule has 2 fully saturated rings. The van der Waals surface area contributed by atoms with E-state index in [9.17, 15) is 18.5 Å². The van der Waals surface area contributed by atoms with Crippen LogP contribution in [0.5, 0.6) is 0 Å². The summed E-state index contributed by atoms with van der Waals surface area (Å²) in [5, 5.41) is 16.8. The van der Waals surface area contributed by atoms with Crippen LogP contribution in [0.4, 0.5) is 21.5 Å². The first-order valence-electron chi connectivity index (χ1n) is 13.4. The van der Waals surface area contributed by atoms with Gasteiger partial charge in [0.15, 0.2) is 0 Å². The Labute approximate surface area is 239 Å². The lowest BCUT2D eigenvalue weighted by Crippen LogP contribution is -2.49. The van der Waals surface area contributed by atoms with Crippen molar-refractivity contribution in [2.24, 2.45) is 5.14 Å². The molecule has 12 heteroatoms. The molecular formula is C29H32FN7O3S. The summed E-state index contributed by atoms with van der Waals surface area (Å²) in [5.41, 5.74) is 6.71. The molecule has 1 amide bonds. The maximum absolute atomic E-state index is 15.0. The van der Waals surface area contributed by atoms with Gasteiger partial charge < -0.3 is 20.1 Å². The van der Waals surface area contributed by atoms with Crippen LogP contribution in [0.15, 0.2) is 65.6 Å². The van der Waals surface area contributed by atoms with Crippen molar-refractivity contribution in [2.75, 3.05) is 67.6 Å². The van der Waals surface area contributed by atoms with Crippen molar-refractivity contribution in [1.82, 2.24) is 9.91 Å². The number of carbonyl (C=O) groups is 1. The Morgan fingerprint density at radius 2 is 1.49 bits per heavy atom. The summed E-state index contributed by atoms with van der Waals surface area (Å²) < 4.78 is 39.1. The summed E-state index contributed by atoms with van der Waals surface area (Å²) >= 11 is 0. The third-order valence-corrected chi connectivity index (χ3v) is 8.51. The average Bonchev–Trinajstić information content (AvgIpc) is 2.98. The molecule has 10 nitrogen and oxygen atoms in total. The van der Waals surface area contributed by atoms with Crippen LogP contribution < -0.4 is 20.4 Å². The average molecular weight is 578 g/mol. The van der Waals surface area contributed by atoms with Crippen LogP contribution in [0.1, 0.15) is 21.5 Å². The van der Waals surface area contributed by atoms with Crippen molar-refractivity contribution in [1.29, 1.82) is 5.26 Å². The summed E-state index contributed by atoms with van der Waals surface area (Å²) in [6.45, 7) is 5.92. The van der Waals surface area contributed by atoms with Crippen molar-refractivity contribution < 1.29 is 17.6 Å². The lowest BCUT2D eigenvalue weighted by Gasteiger charge is -2.37. The maximum atomic E-state index is 15.0. The number of hydrogen-bond acceptors (Lipinski definition) is 8. The fourth-order valence-corrected chi connectivity index (χ4v) is 6.07. The lowest BCUT2D eigenvalue weighted by atomic mass is 10.1. The monoisotopic (exact) mass is 577 g/mol. The van der Waals surface area contributed by atoms with Gasteiger partial charge in [-0.05, 0) is 48.9 Å². The number of rotatable bonds is 6. The number of hydrogen-bond donors (Lipinski definition) is 2. The minimum absolute atomic E-state index is 0.0157. The summed E-state index contributed by atoms with van der Waals surface area (Å²) in [7, 11) is -3.90. The number of benzene rings is 3. The Kier molecular flexibility index (Phi) is 8.12. The number of nitrogens with two attached hydrogens (primary N) is 1. The molecule has 41 heavy (non-hydrogen) atoms. The molecule has 3 aromatic rings. The molecule has 0 radical (unpaired) electrons. The quantitative estimate of drug-likeness (QED) is 0.458. The molecular weight excluding hydrogens is 545 g/mol. The highest BCUT2D eigenvalue weighted by Gasteiger charge is 2.28. The topological polar surface area (TPSA) is 126 Å². The van der Waals surface area contributed by atoms with E-state index in [4.69, 9.17) is 5.14 Å². The number of nitriles is 1. The smallest absolute Gasteiger partial charge is 0.257 e. The molecule has 0 unspecified atom stereocenters. The standard InChI is InChI=1S/C29H32FN7O3S/c1-21-18-24(30)23(19-25(21)33-37-16-14-34(15-17-37)26-7-3-2-6-22(26)20-31)29(38)36-12-10-35(11-13-36)27-8-4-5-9-28(27)41(32,39)40/h2-9,18-19,33H,10-17H2,1H3,(H2,32,39,40). The molecule has 0 atom stereocenters. The largest absolute Gasteiger partial charge is 0.368 e. The van der Waals surface area contributed by atoms with E-state index >= 15 is 4.39 Å². The van der Waals surface area contributed by atoms with E-state index in [0.29, 0.717) is 74.9 Å². The van der Waals surface area contributed by atoms with Gasteiger partial charge in [0.05, 0.1) is 28.2 Å². The third-order valence-electron chi connectivity index (χ3n) is 7.55. The van der Waals surface area contributed by atoms with Gasteiger partial charge in [-0.3, -0.25) is 4.79 Å². The van der Waals surface area contributed by atoms with Crippen LogP contribution in [0, 0.1) is 24.1 Å². The van der Waals surface area contributed by atoms with E-state index in [1.807, 2.05) is 34.2 Å². The molecule has 0 aliphatic carbocycles. The van der Waals surface area contributed by atoms with Crippen LogP contribution >= 0.6 is 0 Å². The molecule has 0 bridgehead atoms. The number of nitrogens with zero attached hydrogens (tertiary/aromatic N) is 5. The van der Waals surface area contributed by atoms with E-state index in [1.165, 1.54) is 12.1 Å². The highest BCUT2D eigenvalue weighted by atomic mass is 32.2. The zero-order valence-corrected chi connectivity index (χ0v) is 23.6. The number of piperazine rings is 2. The highest BCUT2D eigenvalue weighted by molar-refractivity contribution is 7.89. The molecule has 0 aromatic heterocycles. The van der Waals surface area contributed by atoms with Crippen molar-refractivity contribution >= 4 is 33.0 Å². The third kappa shape index (κ3) is 6.12. The molecule has 2 aliphatic rings. The summed E-state index contributed by atoms with van der Waals surface area (Å²) in [5.74, 6) is -0.999. The molecule has 0 saturated carbocycles. The van der Waals surface area contributed by atoms with Gasteiger partial charge in [-0.2, -0.15) is 5.26 Å². The number of halogens is 1. The molecule has 2 saturated heterocycles. The second-order valence-electron chi connectivity index (χ2n) is 10.2. The van der Waals surface area contributed by atoms with Gasteiger partial charge in [0.2, 0.25) is 10.0 Å². The predicted octanol–water partition coefficient (Wildman–Crippen LogP) is 2.76. The van der Waals surface area contributed by atoms with Gasteiger partial charge >= 0.3 is 0 Å². The van der Waals surface area contributed by atoms with E-state index in [2.05, 4.69) is 16.4 Å². The van der Waals surface area contributed by atoms with E-state index < -0.39 is 21.7 Å². The molecule has 3 aromatic carbocycles. The zero-order chi connectivity index (χ0) is 29.1. The second kappa shape index (κ2) is 11.7. The van der Waals surface area contributed by atoms with Gasteiger partial charge in [0, 0.05) is 52.4 Å². The molecule has 2 heterocycles. The number of anilines is 3. The highest BCUT2D eigenvalue weighted by Crippen LogP contribution is 2.27. The Balaban J connectivity index is 1.24. The summed E-state index contributed by atoms with van der Waals surface area (Å²) in [4.78, 5) is 19.0. The number of para-hydroxylation sites is 2. The van der Waals surface area contributed by atoms with E-state index in [-0.39, 0.29) is 10.5 Å². The first-order chi connectivity index (χ1) is 19.7. The first-order valence-corrected chi connectivity index (χ1v) is 14.9. The van der Waals surface area contributed by atoms with Crippen LogP contribution in [0.2, 0.25) is 0 Å². The number of nitrogens with one attached hydrogen (secondary N) is 1. The minimum atomic E-state index is -3.90. The molecule has 214 valence electrons. The molecule has 5 rings (SSSR count). The Morgan fingerprint density at radius 3 is 2.15 bits per heavy atom. The van der Waals surface area contributed by atoms with Crippen molar-refractivity contribution in [3.05, 3.63) is 83.2 Å². The van der Waals surface area contributed by atoms with Crippen molar-refractivity contribution in [3.63, 3.8) is 0 Å². The predicted molar refractivity (Wildman–Crippen MR) is 156 cm³/mol. The van der Waals surface area contributed by atoms with Crippen molar-refractivity contribution in [2.45, 2.75) is 11.8 Å². The fraction of sp³-hybridized carbons (Fsp3) is 0.310. The Bertz CT molecular complexity index is 1590. The zero-order valence-electron chi connectivity index (χ0n) is 22.8. The number of amides is 1. The molecule has 2 aliphatic heterocycles. The van der Waals surface area contributed by atoms with E-state index in [1.54, 1.807) is 36.1 Å². The normalized spacial score (nSPS) is 16.4. The van der Waals surface area contributed by atoms with Gasteiger partial charge in [0.1, 0.15) is 16.8 Å². The maximum Gasteiger partial charge on any atom is 0.257 e. The van der Waals surface area contributed by atoms with Gasteiger partial charge in [-0.1, -0.05) is 24.3 Å². The SMILES string of the molecule is Cc1cc(F)c(C(=O)N2CCN(c3ccccc3S(N)(=O)=O)CC2)cc1NN1CCN(c2ccccc2C#N)CC1. The number of primary sulfonamides is 1. The fourth-order valence-electron chi connectivity index (χ4n) is 5.31. The first kappa shape index (κ1) is 28.4. The minimum Gasteiger partial charge on any atom is -0.368 e. The number of hydrazine groups is 1. The number of carbonyl (C=O) groups excluding carboxylic acids is 1. The number of sulfonamides is 1. The Morgan fingerprint density at radius 1 is 0.902 bits per heavy atom. The summed E-state index contributed by atoms with van der Waals surface area (Å²) in [6, 6.07) is 19.2. The van der Waals surface area contributed by atoms with Gasteiger partial charge in [0.25, 0.3) is 5.91 Å². The van der Waals surface area contributed by atoms with Crippen LogP contribution in [-0.4, -0.2) is 76.6 Å². The molecule has 3 N–H and O–H groups in total. The van der Waals surface area contributed by atoms with E-state index in [0.717, 1.165) is 5.69 Å². The van der Waals surface area contributed by atoms with Crippen molar-refractivity contribution in [3.8, 4) is 6.07 Å². The second-order valence-corrected chi connectivity index (χ2v) is 11.7. The van der Waals surface area contributed by atoms with Gasteiger partial charge in [-0.15, -0.1) is 0 Å². The van der Waals surface area contributed by atoms with Gasteiger partial charge in [-0.25, -0.2) is 23.0 Å². The number of aryl methyl sites for hydroxylation is 1. The summed E-state index contributed by atoms with van der Waals surface area (Å²) in [6.07, 6.45) is 0. The van der Waals surface area contributed by atoms with Crippen LogP contribution in [0.3, 0.4) is 0 Å².